The molecule has 0 saturated heterocycles. The monoisotopic (exact) mass is 240 g/mol. The summed E-state index contributed by atoms with van der Waals surface area (Å²) < 4.78 is 5.24. The molecule has 0 aliphatic rings. The average molecular weight is 240 g/mol. The van der Waals surface area contributed by atoms with Gasteiger partial charge in [-0.15, -0.1) is 0 Å². The van der Waals surface area contributed by atoms with Crippen LogP contribution in [0, 0.1) is 0 Å². The number of aromatic nitrogens is 2. The first-order valence-corrected chi connectivity index (χ1v) is 5.88. The van der Waals surface area contributed by atoms with E-state index < -0.39 is 0 Å². The lowest BCUT2D eigenvalue weighted by atomic mass is 10.4. The molecule has 1 aromatic heterocycles. The van der Waals surface area contributed by atoms with Gasteiger partial charge < -0.3 is 20.8 Å². The Hall–Kier alpha value is -1.40. The molecule has 0 fully saturated rings. The average Bonchev–Trinajstić information content (AvgIpc) is 2.33. The fourth-order valence-electron chi connectivity index (χ4n) is 1.34. The Morgan fingerprint density at radius 2 is 2.35 bits per heavy atom. The Morgan fingerprint density at radius 1 is 1.53 bits per heavy atom. The molecule has 96 valence electrons. The third-order valence-corrected chi connectivity index (χ3v) is 2.16. The van der Waals surface area contributed by atoms with Crippen LogP contribution in [0.1, 0.15) is 19.2 Å². The van der Waals surface area contributed by atoms with Crippen LogP contribution in [0.2, 0.25) is 0 Å². The maximum Gasteiger partial charge on any atom is 0.252 e. The molecule has 0 aliphatic carbocycles. The molecule has 0 bridgehead atoms. The van der Waals surface area contributed by atoms with Crippen LogP contribution >= 0.6 is 0 Å². The predicted molar refractivity (Wildman–Crippen MR) is 67.2 cm³/mol. The molecule has 4 N–H and O–H groups in total. The first-order chi connectivity index (χ1) is 8.26. The van der Waals surface area contributed by atoms with E-state index in [4.69, 9.17) is 10.5 Å². The van der Waals surface area contributed by atoms with Crippen molar-refractivity contribution in [1.82, 2.24) is 9.97 Å². The Kier molecular flexibility index (Phi) is 6.27. The van der Waals surface area contributed by atoms with Crippen molar-refractivity contribution in [1.29, 1.82) is 0 Å². The van der Waals surface area contributed by atoms with E-state index in [1.54, 1.807) is 0 Å². The smallest absolute Gasteiger partial charge is 0.252 e. The minimum atomic E-state index is -0.126. The lowest BCUT2D eigenvalue weighted by Crippen LogP contribution is -2.15. The number of hydrogen-bond donors (Lipinski definition) is 3. The van der Waals surface area contributed by atoms with Crippen LogP contribution < -0.4 is 16.6 Å². The van der Waals surface area contributed by atoms with Crippen molar-refractivity contribution in [3.05, 3.63) is 22.2 Å². The maximum absolute atomic E-state index is 11.3. The van der Waals surface area contributed by atoms with Crippen molar-refractivity contribution in [2.24, 2.45) is 5.73 Å². The summed E-state index contributed by atoms with van der Waals surface area (Å²) in [6, 6.07) is 1.46. The molecule has 1 heterocycles. The largest absolute Gasteiger partial charge is 0.380 e. The van der Waals surface area contributed by atoms with E-state index in [2.05, 4.69) is 15.3 Å². The first kappa shape index (κ1) is 13.7. The number of nitrogens with zero attached hydrogens (tertiary/aromatic N) is 1. The van der Waals surface area contributed by atoms with Crippen LogP contribution in [0.3, 0.4) is 0 Å². The van der Waals surface area contributed by atoms with Crippen molar-refractivity contribution in [3.63, 3.8) is 0 Å². The molecular formula is C11H20N4O2. The van der Waals surface area contributed by atoms with E-state index in [0.717, 1.165) is 13.0 Å². The number of ether oxygens (including phenoxy) is 1. The molecule has 0 spiro atoms. The number of nitrogens with one attached hydrogen (secondary N) is 2. The summed E-state index contributed by atoms with van der Waals surface area (Å²) in [7, 11) is 0. The van der Waals surface area contributed by atoms with E-state index in [9.17, 15) is 4.79 Å². The van der Waals surface area contributed by atoms with Crippen molar-refractivity contribution >= 4 is 5.82 Å². The molecule has 0 aliphatic heterocycles. The number of rotatable bonds is 8. The molecule has 17 heavy (non-hydrogen) atoms. The molecule has 0 atom stereocenters. The summed E-state index contributed by atoms with van der Waals surface area (Å²) in [5.41, 5.74) is 5.17. The minimum absolute atomic E-state index is 0.126. The van der Waals surface area contributed by atoms with E-state index in [1.165, 1.54) is 6.07 Å². The Balaban J connectivity index is 2.31. The van der Waals surface area contributed by atoms with Gasteiger partial charge in [-0.3, -0.25) is 4.79 Å². The molecule has 0 radical (unpaired) electrons. The van der Waals surface area contributed by atoms with Crippen molar-refractivity contribution in [3.8, 4) is 0 Å². The molecule has 0 saturated carbocycles. The highest BCUT2D eigenvalue weighted by Crippen LogP contribution is 1.99. The molecule has 6 nitrogen and oxygen atoms in total. The summed E-state index contributed by atoms with van der Waals surface area (Å²) >= 11 is 0. The highest BCUT2D eigenvalue weighted by Gasteiger charge is 1.98. The first-order valence-electron chi connectivity index (χ1n) is 5.88. The quantitative estimate of drug-likeness (QED) is 0.561. The Bertz CT molecular complexity index is 378. The van der Waals surface area contributed by atoms with Gasteiger partial charge in [0.2, 0.25) is 0 Å². The van der Waals surface area contributed by atoms with Crippen LogP contribution in [0.5, 0.6) is 0 Å². The van der Waals surface area contributed by atoms with Gasteiger partial charge in [0.1, 0.15) is 11.6 Å². The minimum Gasteiger partial charge on any atom is -0.380 e. The lowest BCUT2D eigenvalue weighted by Gasteiger charge is -2.06. The normalized spacial score (nSPS) is 10.5. The van der Waals surface area contributed by atoms with Gasteiger partial charge in [0.15, 0.2) is 0 Å². The number of H-pyrrole nitrogens is 1. The van der Waals surface area contributed by atoms with Gasteiger partial charge in [-0.2, -0.15) is 0 Å². The Labute approximate surface area is 101 Å². The molecular weight excluding hydrogens is 220 g/mol. The second-order valence-corrected chi connectivity index (χ2v) is 3.61. The van der Waals surface area contributed by atoms with E-state index in [1.807, 2.05) is 6.92 Å². The zero-order chi connectivity index (χ0) is 12.5. The number of aryl methyl sites for hydroxylation is 1. The van der Waals surface area contributed by atoms with Gasteiger partial charge in [0, 0.05) is 32.2 Å². The summed E-state index contributed by atoms with van der Waals surface area (Å²) in [5, 5.41) is 3.09. The summed E-state index contributed by atoms with van der Waals surface area (Å²) in [5.74, 6) is 1.31. The van der Waals surface area contributed by atoms with Crippen LogP contribution in [0.4, 0.5) is 5.82 Å². The third-order valence-electron chi connectivity index (χ3n) is 2.16. The van der Waals surface area contributed by atoms with Gasteiger partial charge >= 0.3 is 0 Å². The molecule has 1 aromatic rings. The van der Waals surface area contributed by atoms with Gasteiger partial charge in [-0.05, 0) is 6.42 Å². The van der Waals surface area contributed by atoms with E-state index >= 15 is 0 Å². The number of hydrogen-bond acceptors (Lipinski definition) is 5. The van der Waals surface area contributed by atoms with E-state index in [0.29, 0.717) is 37.8 Å². The highest BCUT2D eigenvalue weighted by molar-refractivity contribution is 5.32. The standard InChI is InChI=1S/C11H20N4O2/c1-2-9-14-10(8-11(16)15-9)13-5-3-6-17-7-4-12/h8H,2-7,12H2,1H3,(H2,13,14,15,16). The summed E-state index contributed by atoms with van der Waals surface area (Å²) in [6.07, 6.45) is 1.57. The number of anilines is 1. The van der Waals surface area contributed by atoms with Crippen molar-refractivity contribution in [2.75, 3.05) is 31.6 Å². The molecule has 1 rings (SSSR count). The third kappa shape index (κ3) is 5.46. The maximum atomic E-state index is 11.3. The van der Waals surface area contributed by atoms with Gasteiger partial charge in [-0.25, -0.2) is 4.98 Å². The Morgan fingerprint density at radius 3 is 3.06 bits per heavy atom. The molecule has 0 aromatic carbocycles. The highest BCUT2D eigenvalue weighted by atomic mass is 16.5. The fraction of sp³-hybridized carbons (Fsp3) is 0.636. The second-order valence-electron chi connectivity index (χ2n) is 3.61. The SMILES string of the molecule is CCc1nc(NCCCOCCN)cc(=O)[nH]1. The fourth-order valence-corrected chi connectivity index (χ4v) is 1.34. The van der Waals surface area contributed by atoms with Crippen molar-refractivity contribution < 1.29 is 4.74 Å². The topological polar surface area (TPSA) is 93.0 Å². The molecule has 0 amide bonds. The molecule has 6 heteroatoms. The second kappa shape index (κ2) is 7.81. The number of aromatic amines is 1. The zero-order valence-electron chi connectivity index (χ0n) is 10.2. The zero-order valence-corrected chi connectivity index (χ0v) is 10.2. The number of nitrogens with two attached hydrogens (primary N) is 1. The van der Waals surface area contributed by atoms with Gasteiger partial charge in [-0.1, -0.05) is 6.92 Å². The summed E-state index contributed by atoms with van der Waals surface area (Å²) in [4.78, 5) is 18.2. The van der Waals surface area contributed by atoms with Crippen LogP contribution in [0.25, 0.3) is 0 Å². The van der Waals surface area contributed by atoms with Crippen LogP contribution in [0.15, 0.2) is 10.9 Å². The van der Waals surface area contributed by atoms with Crippen molar-refractivity contribution in [2.45, 2.75) is 19.8 Å². The summed E-state index contributed by atoms with van der Waals surface area (Å²) in [6.45, 7) is 4.47. The van der Waals surface area contributed by atoms with Crippen LogP contribution in [-0.4, -0.2) is 36.3 Å². The van der Waals surface area contributed by atoms with Gasteiger partial charge in [0.05, 0.1) is 6.61 Å². The lowest BCUT2D eigenvalue weighted by molar-refractivity contribution is 0.141. The molecule has 0 unspecified atom stereocenters. The van der Waals surface area contributed by atoms with Crippen LogP contribution in [-0.2, 0) is 11.2 Å². The van der Waals surface area contributed by atoms with Gasteiger partial charge in [0.25, 0.3) is 5.56 Å². The van der Waals surface area contributed by atoms with E-state index in [-0.39, 0.29) is 5.56 Å². The predicted octanol–water partition coefficient (Wildman–Crippen LogP) is 0.110.